The van der Waals surface area contributed by atoms with Crippen LogP contribution in [0, 0.1) is 24.1 Å². The van der Waals surface area contributed by atoms with Crippen molar-refractivity contribution < 1.29 is 19.1 Å². The Morgan fingerprint density at radius 3 is 2.35 bits per heavy atom. The Morgan fingerprint density at radius 1 is 1.22 bits per heavy atom. The minimum absolute atomic E-state index is 0.0581. The first-order valence-electron chi connectivity index (χ1n) is 7.51. The summed E-state index contributed by atoms with van der Waals surface area (Å²) >= 11 is 0. The van der Waals surface area contributed by atoms with Crippen LogP contribution in [-0.2, 0) is 4.79 Å². The molecule has 0 aromatic heterocycles. The number of aliphatic carboxylic acids is 1. The van der Waals surface area contributed by atoms with E-state index in [0.29, 0.717) is 31.2 Å². The summed E-state index contributed by atoms with van der Waals surface area (Å²) in [6.07, 6.45) is 7.78. The lowest BCUT2D eigenvalue weighted by Gasteiger charge is -2.27. The third kappa shape index (κ3) is 4.71. The second kappa shape index (κ2) is 7.63. The Bertz CT molecular complexity index is 601. The van der Waals surface area contributed by atoms with Crippen molar-refractivity contribution in [2.75, 3.05) is 0 Å². The number of amides is 2. The fourth-order valence-electron chi connectivity index (χ4n) is 2.72. The van der Waals surface area contributed by atoms with Crippen molar-refractivity contribution in [3.05, 3.63) is 35.6 Å². The van der Waals surface area contributed by atoms with E-state index in [2.05, 4.69) is 16.6 Å². The van der Waals surface area contributed by atoms with E-state index in [0.717, 1.165) is 0 Å². The van der Waals surface area contributed by atoms with Crippen molar-refractivity contribution >= 4 is 12.0 Å². The largest absolute Gasteiger partial charge is 0.481 e. The van der Waals surface area contributed by atoms with Crippen LogP contribution in [0.25, 0.3) is 0 Å². The number of carboxylic acids is 1. The quantitative estimate of drug-likeness (QED) is 0.746. The van der Waals surface area contributed by atoms with Gasteiger partial charge in [-0.25, -0.2) is 9.18 Å². The van der Waals surface area contributed by atoms with Gasteiger partial charge in [-0.05, 0) is 43.4 Å². The van der Waals surface area contributed by atoms with E-state index in [-0.39, 0.29) is 17.8 Å². The zero-order valence-electron chi connectivity index (χ0n) is 12.6. The van der Waals surface area contributed by atoms with E-state index < -0.39 is 18.0 Å². The number of benzene rings is 1. The Morgan fingerprint density at radius 2 is 1.83 bits per heavy atom. The molecule has 3 N–H and O–H groups in total. The normalized spacial score (nSPS) is 21.7. The number of carbonyl (C=O) groups excluding carboxylic acids is 1. The highest BCUT2D eigenvalue weighted by Crippen LogP contribution is 2.24. The summed E-state index contributed by atoms with van der Waals surface area (Å²) in [5.74, 6) is 0.979. The van der Waals surface area contributed by atoms with Crippen molar-refractivity contribution in [3.8, 4) is 12.3 Å². The fraction of sp³-hybridized carbons (Fsp3) is 0.412. The second-order valence-corrected chi connectivity index (χ2v) is 5.66. The van der Waals surface area contributed by atoms with Gasteiger partial charge in [-0.2, -0.15) is 0 Å². The first-order valence-corrected chi connectivity index (χ1v) is 7.51. The van der Waals surface area contributed by atoms with Gasteiger partial charge in [0.1, 0.15) is 11.9 Å². The van der Waals surface area contributed by atoms with E-state index >= 15 is 0 Å². The molecule has 1 unspecified atom stereocenters. The fourth-order valence-corrected chi connectivity index (χ4v) is 2.72. The standard InChI is InChI=1S/C17H19FN2O3/c1-2-15(11-3-7-13(18)8-4-11)20-17(23)19-14-9-5-12(6-10-14)16(21)22/h1,3-4,7-8,12,14-15H,5-6,9-10H2,(H,21,22)(H2,19,20,23). The summed E-state index contributed by atoms with van der Waals surface area (Å²) < 4.78 is 12.9. The summed E-state index contributed by atoms with van der Waals surface area (Å²) in [6.45, 7) is 0. The number of halogens is 1. The molecular formula is C17H19FN2O3. The molecule has 1 aliphatic rings. The van der Waals surface area contributed by atoms with Crippen LogP contribution in [0.3, 0.4) is 0 Å². The van der Waals surface area contributed by atoms with Crippen molar-refractivity contribution in [3.63, 3.8) is 0 Å². The zero-order valence-corrected chi connectivity index (χ0v) is 12.6. The van der Waals surface area contributed by atoms with Gasteiger partial charge in [0.15, 0.2) is 0 Å². The van der Waals surface area contributed by atoms with Gasteiger partial charge >= 0.3 is 12.0 Å². The van der Waals surface area contributed by atoms with E-state index in [4.69, 9.17) is 11.5 Å². The Hall–Kier alpha value is -2.55. The van der Waals surface area contributed by atoms with Crippen molar-refractivity contribution in [2.24, 2.45) is 5.92 Å². The van der Waals surface area contributed by atoms with Gasteiger partial charge in [0.2, 0.25) is 0 Å². The average molecular weight is 318 g/mol. The highest BCUT2D eigenvalue weighted by Gasteiger charge is 2.27. The minimum Gasteiger partial charge on any atom is -0.481 e. The number of rotatable bonds is 4. The van der Waals surface area contributed by atoms with Crippen LogP contribution in [0.15, 0.2) is 24.3 Å². The highest BCUT2D eigenvalue weighted by molar-refractivity contribution is 5.75. The number of hydrogen-bond donors (Lipinski definition) is 3. The van der Waals surface area contributed by atoms with Gasteiger partial charge in [-0.1, -0.05) is 18.1 Å². The minimum atomic E-state index is -0.781. The summed E-state index contributed by atoms with van der Waals surface area (Å²) in [4.78, 5) is 22.9. The number of carbonyl (C=O) groups is 2. The zero-order chi connectivity index (χ0) is 16.8. The smallest absolute Gasteiger partial charge is 0.316 e. The van der Waals surface area contributed by atoms with E-state index in [1.165, 1.54) is 24.3 Å². The van der Waals surface area contributed by atoms with Crippen LogP contribution in [0.2, 0.25) is 0 Å². The van der Waals surface area contributed by atoms with Crippen LogP contribution >= 0.6 is 0 Å². The van der Waals surface area contributed by atoms with Gasteiger partial charge < -0.3 is 15.7 Å². The molecule has 1 aromatic carbocycles. The summed E-state index contributed by atoms with van der Waals surface area (Å²) in [5.41, 5.74) is 0.624. The lowest BCUT2D eigenvalue weighted by atomic mass is 9.86. The number of nitrogens with one attached hydrogen (secondary N) is 2. The molecule has 0 aliphatic heterocycles. The molecule has 1 saturated carbocycles. The molecule has 1 aliphatic carbocycles. The SMILES string of the molecule is C#CC(NC(=O)NC1CCC(C(=O)O)CC1)c1ccc(F)cc1. The van der Waals surface area contributed by atoms with Crippen LogP contribution in [0.4, 0.5) is 9.18 Å². The topological polar surface area (TPSA) is 78.4 Å². The lowest BCUT2D eigenvalue weighted by Crippen LogP contribution is -2.45. The Labute approximate surface area is 134 Å². The second-order valence-electron chi connectivity index (χ2n) is 5.66. The third-order valence-electron chi connectivity index (χ3n) is 4.06. The van der Waals surface area contributed by atoms with E-state index in [1.807, 2.05) is 0 Å². The lowest BCUT2D eigenvalue weighted by molar-refractivity contribution is -0.142. The van der Waals surface area contributed by atoms with Crippen molar-refractivity contribution in [1.29, 1.82) is 0 Å². The first-order chi connectivity index (χ1) is 11.0. The van der Waals surface area contributed by atoms with Crippen molar-refractivity contribution in [2.45, 2.75) is 37.8 Å². The van der Waals surface area contributed by atoms with Gasteiger partial charge in [-0.15, -0.1) is 6.42 Å². The van der Waals surface area contributed by atoms with Gasteiger partial charge in [0.25, 0.3) is 0 Å². The van der Waals surface area contributed by atoms with Crippen LogP contribution in [0.5, 0.6) is 0 Å². The molecule has 6 heteroatoms. The molecule has 1 aromatic rings. The molecule has 122 valence electrons. The van der Waals surface area contributed by atoms with Crippen molar-refractivity contribution in [1.82, 2.24) is 10.6 Å². The number of terminal acetylenes is 1. The van der Waals surface area contributed by atoms with Crippen LogP contribution < -0.4 is 10.6 Å². The predicted molar refractivity (Wildman–Crippen MR) is 83.0 cm³/mol. The molecule has 2 rings (SSSR count). The molecule has 1 fully saturated rings. The van der Waals surface area contributed by atoms with Crippen LogP contribution in [-0.4, -0.2) is 23.1 Å². The molecule has 1 atom stereocenters. The predicted octanol–water partition coefficient (Wildman–Crippen LogP) is 2.44. The van der Waals surface area contributed by atoms with Gasteiger partial charge in [0, 0.05) is 6.04 Å². The molecule has 0 spiro atoms. The third-order valence-corrected chi connectivity index (χ3v) is 4.06. The van der Waals surface area contributed by atoms with Gasteiger partial charge in [0.05, 0.1) is 5.92 Å². The van der Waals surface area contributed by atoms with Crippen LogP contribution in [0.1, 0.15) is 37.3 Å². The molecule has 0 bridgehead atoms. The number of hydrogen-bond acceptors (Lipinski definition) is 2. The maximum Gasteiger partial charge on any atom is 0.316 e. The molecule has 0 saturated heterocycles. The van der Waals surface area contributed by atoms with E-state index in [9.17, 15) is 14.0 Å². The molecule has 0 heterocycles. The number of carboxylic acid groups (broad SMARTS) is 1. The molecular weight excluding hydrogens is 299 g/mol. The Balaban J connectivity index is 1.85. The highest BCUT2D eigenvalue weighted by atomic mass is 19.1. The maximum absolute atomic E-state index is 12.9. The maximum atomic E-state index is 12.9. The summed E-state index contributed by atoms with van der Waals surface area (Å²) in [6, 6.07) is 4.51. The molecule has 23 heavy (non-hydrogen) atoms. The molecule has 5 nitrogen and oxygen atoms in total. The summed E-state index contributed by atoms with van der Waals surface area (Å²) in [7, 11) is 0. The molecule has 0 radical (unpaired) electrons. The van der Waals surface area contributed by atoms with E-state index in [1.54, 1.807) is 0 Å². The average Bonchev–Trinajstić information content (AvgIpc) is 2.54. The number of urea groups is 1. The summed E-state index contributed by atoms with van der Waals surface area (Å²) in [5, 5.41) is 14.4. The Kier molecular flexibility index (Phi) is 5.58. The monoisotopic (exact) mass is 318 g/mol. The van der Waals surface area contributed by atoms with Gasteiger partial charge in [-0.3, -0.25) is 4.79 Å². The molecule has 2 amide bonds. The first kappa shape index (κ1) is 16.8.